The van der Waals surface area contributed by atoms with E-state index in [9.17, 15) is 4.79 Å². The number of benzene rings is 1. The zero-order valence-electron chi connectivity index (χ0n) is 13.2. The van der Waals surface area contributed by atoms with E-state index in [1.54, 1.807) is 7.11 Å². The van der Waals surface area contributed by atoms with Gasteiger partial charge >= 0.3 is 0 Å². The van der Waals surface area contributed by atoms with Gasteiger partial charge in [0.15, 0.2) is 0 Å². The van der Waals surface area contributed by atoms with E-state index in [1.165, 1.54) is 12.8 Å². The molecule has 1 saturated heterocycles. The highest BCUT2D eigenvalue weighted by molar-refractivity contribution is 5.79. The van der Waals surface area contributed by atoms with Gasteiger partial charge in [-0.1, -0.05) is 17.3 Å². The molecule has 6 nitrogen and oxygen atoms in total. The van der Waals surface area contributed by atoms with Crippen LogP contribution < -0.4 is 4.74 Å². The van der Waals surface area contributed by atoms with Gasteiger partial charge in [0, 0.05) is 25.2 Å². The fraction of sp³-hybridized carbons (Fsp3) is 0.471. The first-order valence-electron chi connectivity index (χ1n) is 8.05. The van der Waals surface area contributed by atoms with Crippen molar-refractivity contribution in [2.45, 2.75) is 31.2 Å². The molecule has 1 aliphatic heterocycles. The number of rotatable bonds is 5. The van der Waals surface area contributed by atoms with Crippen LogP contribution in [0, 0.1) is 0 Å². The number of amides is 1. The van der Waals surface area contributed by atoms with Gasteiger partial charge in [0.05, 0.1) is 25.3 Å². The number of likely N-dealkylation sites (tertiary alicyclic amines) is 1. The molecule has 1 aliphatic carbocycles. The van der Waals surface area contributed by atoms with E-state index in [0.29, 0.717) is 12.3 Å². The minimum Gasteiger partial charge on any atom is -0.497 e. The predicted molar refractivity (Wildman–Crippen MR) is 84.3 cm³/mol. The van der Waals surface area contributed by atoms with Crippen molar-refractivity contribution in [2.24, 2.45) is 0 Å². The molecule has 2 aromatic rings. The van der Waals surface area contributed by atoms with Crippen molar-refractivity contribution in [2.75, 3.05) is 20.2 Å². The molecule has 2 aliphatic rings. The summed E-state index contributed by atoms with van der Waals surface area (Å²) in [5, 5.41) is 8.45. The van der Waals surface area contributed by atoms with Crippen LogP contribution in [0.4, 0.5) is 0 Å². The molecule has 4 rings (SSSR count). The molecule has 2 fully saturated rings. The number of carbonyl (C=O) groups excluding carboxylic acids is 1. The molecule has 0 N–H and O–H groups in total. The first-order valence-corrected chi connectivity index (χ1v) is 8.05. The molecule has 0 spiro atoms. The van der Waals surface area contributed by atoms with Crippen molar-refractivity contribution < 1.29 is 9.53 Å². The SMILES string of the molecule is COc1cccc(CC(=O)N2CC(n3cc(C4CC4)nn3)C2)c1. The lowest BCUT2D eigenvalue weighted by molar-refractivity contribution is -0.136. The van der Waals surface area contributed by atoms with Crippen LogP contribution in [0.5, 0.6) is 5.75 Å². The van der Waals surface area contributed by atoms with Crippen molar-refractivity contribution in [3.05, 3.63) is 41.7 Å². The van der Waals surface area contributed by atoms with E-state index in [4.69, 9.17) is 4.74 Å². The van der Waals surface area contributed by atoms with E-state index in [-0.39, 0.29) is 11.9 Å². The Kier molecular flexibility index (Phi) is 3.52. The van der Waals surface area contributed by atoms with Gasteiger partial charge in [-0.25, -0.2) is 4.68 Å². The second kappa shape index (κ2) is 5.68. The summed E-state index contributed by atoms with van der Waals surface area (Å²) < 4.78 is 7.11. The highest BCUT2D eigenvalue weighted by Crippen LogP contribution is 2.39. The summed E-state index contributed by atoms with van der Waals surface area (Å²) in [6.45, 7) is 1.44. The van der Waals surface area contributed by atoms with Gasteiger partial charge in [-0.3, -0.25) is 4.79 Å². The maximum Gasteiger partial charge on any atom is 0.227 e. The Morgan fingerprint density at radius 1 is 1.35 bits per heavy atom. The molecule has 1 saturated carbocycles. The fourth-order valence-electron chi connectivity index (χ4n) is 2.93. The molecule has 2 heterocycles. The molecular formula is C17H20N4O2. The lowest BCUT2D eigenvalue weighted by Crippen LogP contribution is -2.51. The van der Waals surface area contributed by atoms with Crippen LogP contribution in [0.3, 0.4) is 0 Å². The van der Waals surface area contributed by atoms with Crippen LogP contribution in [0.2, 0.25) is 0 Å². The fourth-order valence-corrected chi connectivity index (χ4v) is 2.93. The van der Waals surface area contributed by atoms with Gasteiger partial charge in [-0.2, -0.15) is 0 Å². The summed E-state index contributed by atoms with van der Waals surface area (Å²) in [4.78, 5) is 14.2. The Labute approximate surface area is 135 Å². The topological polar surface area (TPSA) is 60.2 Å². The molecular weight excluding hydrogens is 292 g/mol. The molecule has 6 heteroatoms. The van der Waals surface area contributed by atoms with Crippen LogP contribution in [-0.2, 0) is 11.2 Å². The molecule has 23 heavy (non-hydrogen) atoms. The smallest absolute Gasteiger partial charge is 0.227 e. The average molecular weight is 312 g/mol. The standard InChI is InChI=1S/C17H20N4O2/c1-23-15-4-2-3-12(7-15)8-17(22)20-9-14(10-20)21-11-16(18-19-21)13-5-6-13/h2-4,7,11,13-14H,5-6,8-10H2,1H3. The van der Waals surface area contributed by atoms with Crippen molar-refractivity contribution in [1.29, 1.82) is 0 Å². The van der Waals surface area contributed by atoms with Crippen molar-refractivity contribution in [3.8, 4) is 5.75 Å². The predicted octanol–water partition coefficient (Wildman–Crippen LogP) is 1.79. The Bertz CT molecular complexity index is 717. The number of aromatic nitrogens is 3. The number of nitrogens with zero attached hydrogens (tertiary/aromatic N) is 4. The number of ether oxygens (including phenoxy) is 1. The first-order chi connectivity index (χ1) is 11.2. The zero-order chi connectivity index (χ0) is 15.8. The van der Waals surface area contributed by atoms with Gasteiger partial charge in [0.2, 0.25) is 5.91 Å². The number of carbonyl (C=O) groups is 1. The molecule has 1 aromatic carbocycles. The van der Waals surface area contributed by atoms with Crippen LogP contribution in [0.1, 0.15) is 36.1 Å². The summed E-state index contributed by atoms with van der Waals surface area (Å²) in [7, 11) is 1.63. The third-order valence-corrected chi connectivity index (χ3v) is 4.60. The minimum absolute atomic E-state index is 0.150. The van der Waals surface area contributed by atoms with E-state index >= 15 is 0 Å². The second-order valence-corrected chi connectivity index (χ2v) is 6.38. The number of hydrogen-bond acceptors (Lipinski definition) is 4. The highest BCUT2D eigenvalue weighted by Gasteiger charge is 2.34. The Morgan fingerprint density at radius 3 is 2.91 bits per heavy atom. The second-order valence-electron chi connectivity index (χ2n) is 6.38. The van der Waals surface area contributed by atoms with Crippen molar-refractivity contribution in [1.82, 2.24) is 19.9 Å². The quantitative estimate of drug-likeness (QED) is 0.844. The van der Waals surface area contributed by atoms with Crippen LogP contribution >= 0.6 is 0 Å². The molecule has 1 aromatic heterocycles. The van der Waals surface area contributed by atoms with Crippen LogP contribution in [0.25, 0.3) is 0 Å². The van der Waals surface area contributed by atoms with Gasteiger partial charge in [0.1, 0.15) is 5.75 Å². The summed E-state index contributed by atoms with van der Waals surface area (Å²) in [5.41, 5.74) is 2.08. The number of methoxy groups -OCH3 is 1. The van der Waals surface area contributed by atoms with E-state index < -0.39 is 0 Å². The van der Waals surface area contributed by atoms with Gasteiger partial charge in [0.25, 0.3) is 0 Å². The summed E-state index contributed by atoms with van der Waals surface area (Å²) >= 11 is 0. The van der Waals surface area contributed by atoms with Crippen LogP contribution in [0.15, 0.2) is 30.5 Å². The van der Waals surface area contributed by atoms with Gasteiger partial charge < -0.3 is 9.64 Å². The summed E-state index contributed by atoms with van der Waals surface area (Å²) in [6, 6.07) is 7.93. The molecule has 0 radical (unpaired) electrons. The third kappa shape index (κ3) is 2.93. The zero-order valence-corrected chi connectivity index (χ0v) is 13.2. The molecule has 0 bridgehead atoms. The summed E-state index contributed by atoms with van der Waals surface area (Å²) in [6.07, 6.45) is 4.92. The molecule has 120 valence electrons. The molecule has 0 atom stereocenters. The van der Waals surface area contributed by atoms with E-state index in [1.807, 2.05) is 40.0 Å². The number of hydrogen-bond donors (Lipinski definition) is 0. The summed E-state index contributed by atoms with van der Waals surface area (Å²) in [5.74, 6) is 1.55. The van der Waals surface area contributed by atoms with E-state index in [2.05, 4.69) is 10.3 Å². The Balaban J connectivity index is 1.32. The van der Waals surface area contributed by atoms with Crippen molar-refractivity contribution in [3.63, 3.8) is 0 Å². The average Bonchev–Trinajstić information content (AvgIpc) is 3.25. The lowest BCUT2D eigenvalue weighted by atomic mass is 10.1. The largest absolute Gasteiger partial charge is 0.497 e. The van der Waals surface area contributed by atoms with Crippen LogP contribution in [-0.4, -0.2) is 46.0 Å². The van der Waals surface area contributed by atoms with Crippen molar-refractivity contribution >= 4 is 5.91 Å². The third-order valence-electron chi connectivity index (χ3n) is 4.60. The van der Waals surface area contributed by atoms with E-state index in [0.717, 1.165) is 30.1 Å². The van der Waals surface area contributed by atoms with Gasteiger partial charge in [-0.15, -0.1) is 5.10 Å². The molecule has 1 amide bonds. The molecule has 0 unspecified atom stereocenters. The van der Waals surface area contributed by atoms with Gasteiger partial charge in [-0.05, 0) is 30.5 Å². The Morgan fingerprint density at radius 2 is 2.17 bits per heavy atom. The maximum absolute atomic E-state index is 12.3. The lowest BCUT2D eigenvalue weighted by Gasteiger charge is -2.39. The first kappa shape index (κ1) is 14.2. The maximum atomic E-state index is 12.3. The monoisotopic (exact) mass is 312 g/mol. The highest BCUT2D eigenvalue weighted by atomic mass is 16.5. The minimum atomic E-state index is 0.150. The normalized spacial score (nSPS) is 17.9. The Hall–Kier alpha value is -2.37.